The van der Waals surface area contributed by atoms with E-state index in [-0.39, 0.29) is 16.6 Å². The smallest absolute Gasteiger partial charge is 0.407 e. The standard InChI is InChI=1S/C31H53N3O4S/c1-2-3-4-5-6-7-8-9-10-11-12-13-14-15-16-18-22-33-30(35)37-25-28-23-29(39-28)26-38-31(36)34-24-27-20-17-19-21-32-27/h17,19-21,28-29H,2-16,18,22-26H2,1H3,(H,33,35)(H,34,36). The monoisotopic (exact) mass is 563 g/mol. The highest BCUT2D eigenvalue weighted by atomic mass is 32.2. The molecule has 1 aromatic rings. The van der Waals surface area contributed by atoms with Crippen molar-refractivity contribution >= 4 is 23.9 Å². The van der Waals surface area contributed by atoms with Crippen molar-refractivity contribution in [3.8, 4) is 0 Å². The third kappa shape index (κ3) is 18.1. The van der Waals surface area contributed by atoms with Crippen LogP contribution in [-0.2, 0) is 16.0 Å². The van der Waals surface area contributed by atoms with E-state index in [1.54, 1.807) is 18.0 Å². The van der Waals surface area contributed by atoms with E-state index in [1.807, 2.05) is 18.2 Å². The number of aromatic nitrogens is 1. The molecule has 39 heavy (non-hydrogen) atoms. The van der Waals surface area contributed by atoms with Gasteiger partial charge in [-0.25, -0.2) is 9.59 Å². The number of rotatable bonds is 23. The van der Waals surface area contributed by atoms with Gasteiger partial charge in [-0.2, -0.15) is 0 Å². The van der Waals surface area contributed by atoms with Crippen LogP contribution in [-0.4, -0.2) is 47.4 Å². The third-order valence-corrected chi connectivity index (χ3v) is 8.58. The van der Waals surface area contributed by atoms with Crippen molar-refractivity contribution < 1.29 is 19.1 Å². The van der Waals surface area contributed by atoms with Crippen LogP contribution in [0.25, 0.3) is 0 Å². The minimum atomic E-state index is -0.436. The van der Waals surface area contributed by atoms with Gasteiger partial charge >= 0.3 is 12.2 Å². The molecule has 1 aliphatic heterocycles. The summed E-state index contributed by atoms with van der Waals surface area (Å²) in [7, 11) is 0. The molecule has 0 aromatic carbocycles. The van der Waals surface area contributed by atoms with Gasteiger partial charge < -0.3 is 20.1 Å². The highest BCUT2D eigenvalue weighted by Crippen LogP contribution is 2.36. The number of ether oxygens (including phenoxy) is 2. The first-order valence-corrected chi connectivity index (χ1v) is 16.5. The summed E-state index contributed by atoms with van der Waals surface area (Å²) in [6, 6.07) is 5.57. The Labute approximate surface area is 241 Å². The summed E-state index contributed by atoms with van der Waals surface area (Å²) in [5, 5.41) is 6.09. The number of unbranched alkanes of at least 4 members (excludes halogenated alkanes) is 15. The fraction of sp³-hybridized carbons (Fsp3) is 0.774. The molecule has 8 heteroatoms. The van der Waals surface area contributed by atoms with Gasteiger partial charge in [-0.05, 0) is 25.0 Å². The minimum absolute atomic E-state index is 0.257. The Hall–Kier alpha value is -1.96. The molecule has 0 radical (unpaired) electrons. The molecule has 1 fully saturated rings. The fourth-order valence-corrected chi connectivity index (χ4v) is 5.90. The number of hydrogen-bond acceptors (Lipinski definition) is 6. The van der Waals surface area contributed by atoms with Crippen LogP contribution < -0.4 is 10.6 Å². The van der Waals surface area contributed by atoms with Gasteiger partial charge in [-0.3, -0.25) is 4.98 Å². The van der Waals surface area contributed by atoms with E-state index in [9.17, 15) is 9.59 Å². The number of amides is 2. The van der Waals surface area contributed by atoms with Crippen LogP contribution in [0.3, 0.4) is 0 Å². The summed E-state index contributed by atoms with van der Waals surface area (Å²) >= 11 is 1.70. The zero-order valence-electron chi connectivity index (χ0n) is 24.3. The zero-order valence-corrected chi connectivity index (χ0v) is 25.1. The second-order valence-corrected chi connectivity index (χ2v) is 12.3. The minimum Gasteiger partial charge on any atom is -0.448 e. The predicted octanol–water partition coefficient (Wildman–Crippen LogP) is 8.17. The summed E-state index contributed by atoms with van der Waals surface area (Å²) in [5.74, 6) is 0. The Balaban J connectivity index is 1.28. The molecule has 1 aromatic heterocycles. The summed E-state index contributed by atoms with van der Waals surface area (Å²) < 4.78 is 10.6. The molecular formula is C31H53N3O4S. The lowest BCUT2D eigenvalue weighted by atomic mass is 10.0. The number of thioether (sulfide) groups is 1. The molecule has 0 spiro atoms. The quantitative estimate of drug-likeness (QED) is 0.131. The van der Waals surface area contributed by atoms with E-state index in [2.05, 4.69) is 22.5 Å². The third-order valence-electron chi connectivity index (χ3n) is 7.15. The topological polar surface area (TPSA) is 89.5 Å². The van der Waals surface area contributed by atoms with E-state index < -0.39 is 6.09 Å². The summed E-state index contributed by atoms with van der Waals surface area (Å²) in [4.78, 5) is 27.9. The normalized spacial score (nSPS) is 16.3. The van der Waals surface area contributed by atoms with Crippen LogP contribution in [0.1, 0.15) is 122 Å². The summed E-state index contributed by atoms with van der Waals surface area (Å²) in [5.41, 5.74) is 0.790. The number of nitrogens with one attached hydrogen (secondary N) is 2. The molecule has 222 valence electrons. The molecule has 7 nitrogen and oxygen atoms in total. The average molecular weight is 564 g/mol. The van der Waals surface area contributed by atoms with Crippen molar-refractivity contribution in [1.82, 2.24) is 15.6 Å². The largest absolute Gasteiger partial charge is 0.448 e. The molecule has 2 amide bonds. The Kier molecular flexibility index (Phi) is 19.4. The lowest BCUT2D eigenvalue weighted by molar-refractivity contribution is 0.134. The first-order valence-electron chi connectivity index (χ1n) is 15.5. The Morgan fingerprint density at radius 3 is 1.74 bits per heavy atom. The van der Waals surface area contributed by atoms with E-state index in [1.165, 1.54) is 89.9 Å². The molecule has 0 aliphatic carbocycles. The molecule has 2 unspecified atom stereocenters. The second-order valence-electron chi connectivity index (χ2n) is 10.7. The Bertz CT molecular complexity index is 747. The SMILES string of the molecule is CCCCCCCCCCCCCCCCCCNC(=O)OCC1CC(COC(=O)NCc2ccccn2)S1. The lowest BCUT2D eigenvalue weighted by Gasteiger charge is -2.33. The van der Waals surface area contributed by atoms with E-state index in [0.717, 1.165) is 25.0 Å². The molecule has 2 N–H and O–H groups in total. The van der Waals surface area contributed by atoms with Crippen LogP contribution in [0.5, 0.6) is 0 Å². The van der Waals surface area contributed by atoms with Crippen LogP contribution in [0.4, 0.5) is 9.59 Å². The van der Waals surface area contributed by atoms with Crippen molar-refractivity contribution in [2.75, 3.05) is 19.8 Å². The fourth-order valence-electron chi connectivity index (χ4n) is 4.74. The highest BCUT2D eigenvalue weighted by Gasteiger charge is 2.31. The maximum Gasteiger partial charge on any atom is 0.407 e. The molecule has 2 rings (SSSR count). The van der Waals surface area contributed by atoms with Crippen molar-refractivity contribution in [1.29, 1.82) is 0 Å². The summed E-state index contributed by atoms with van der Waals surface area (Å²) in [6.07, 6.45) is 23.3. The van der Waals surface area contributed by atoms with Gasteiger partial charge in [0, 0.05) is 23.2 Å². The average Bonchev–Trinajstić information content (AvgIpc) is 2.93. The first kappa shape index (κ1) is 33.2. The molecule has 2 atom stereocenters. The van der Waals surface area contributed by atoms with Gasteiger partial charge in [-0.1, -0.05) is 109 Å². The van der Waals surface area contributed by atoms with Crippen molar-refractivity contribution in [3.05, 3.63) is 30.1 Å². The van der Waals surface area contributed by atoms with Gasteiger partial charge in [-0.15, -0.1) is 11.8 Å². The number of alkyl carbamates (subject to hydrolysis) is 2. The van der Waals surface area contributed by atoms with Gasteiger partial charge in [0.25, 0.3) is 0 Å². The van der Waals surface area contributed by atoms with Crippen molar-refractivity contribution in [2.45, 2.75) is 133 Å². The maximum atomic E-state index is 11.9. The Morgan fingerprint density at radius 2 is 1.26 bits per heavy atom. The van der Waals surface area contributed by atoms with Gasteiger partial charge in [0.2, 0.25) is 0 Å². The van der Waals surface area contributed by atoms with Crippen LogP contribution >= 0.6 is 11.8 Å². The van der Waals surface area contributed by atoms with Crippen molar-refractivity contribution in [3.63, 3.8) is 0 Å². The maximum absolute atomic E-state index is 11.9. The van der Waals surface area contributed by atoms with Crippen molar-refractivity contribution in [2.24, 2.45) is 0 Å². The molecule has 1 aliphatic rings. The lowest BCUT2D eigenvalue weighted by Crippen LogP contribution is -2.37. The summed E-state index contributed by atoms with van der Waals surface area (Å²) in [6.45, 7) is 4.07. The van der Waals surface area contributed by atoms with Crippen LogP contribution in [0, 0.1) is 0 Å². The van der Waals surface area contributed by atoms with E-state index >= 15 is 0 Å². The van der Waals surface area contributed by atoms with E-state index in [4.69, 9.17) is 9.47 Å². The second kappa shape index (κ2) is 22.8. The van der Waals surface area contributed by atoms with Crippen LogP contribution in [0.15, 0.2) is 24.4 Å². The number of nitrogens with zero attached hydrogens (tertiary/aromatic N) is 1. The zero-order chi connectivity index (χ0) is 27.8. The van der Waals surface area contributed by atoms with Gasteiger partial charge in [0.15, 0.2) is 0 Å². The Morgan fingerprint density at radius 1 is 0.769 bits per heavy atom. The first-order chi connectivity index (χ1) is 19.2. The number of carbonyl (C=O) groups excluding carboxylic acids is 2. The number of carbonyl (C=O) groups is 2. The molecule has 0 bridgehead atoms. The predicted molar refractivity (Wildman–Crippen MR) is 161 cm³/mol. The van der Waals surface area contributed by atoms with Gasteiger partial charge in [0.05, 0.1) is 12.2 Å². The molecule has 1 saturated heterocycles. The highest BCUT2D eigenvalue weighted by molar-refractivity contribution is 8.01. The molecule has 2 heterocycles. The van der Waals surface area contributed by atoms with E-state index in [0.29, 0.717) is 26.3 Å². The van der Waals surface area contributed by atoms with Gasteiger partial charge in [0.1, 0.15) is 13.2 Å². The number of pyridine rings is 1. The van der Waals surface area contributed by atoms with Crippen LogP contribution in [0.2, 0.25) is 0 Å². The molecular weight excluding hydrogens is 510 g/mol. The number of hydrogen-bond donors (Lipinski definition) is 2. The molecule has 0 saturated carbocycles.